The lowest BCUT2D eigenvalue weighted by molar-refractivity contribution is -0.138. The van der Waals surface area contributed by atoms with Crippen molar-refractivity contribution in [2.75, 3.05) is 13.2 Å². The highest BCUT2D eigenvalue weighted by molar-refractivity contribution is 5.43. The lowest BCUT2D eigenvalue weighted by atomic mass is 9.86. The summed E-state index contributed by atoms with van der Waals surface area (Å²) in [6.45, 7) is 4.56. The van der Waals surface area contributed by atoms with Crippen LogP contribution in [-0.2, 0) is 16.5 Å². The number of fused-ring (bicyclic) bond motifs is 2. The van der Waals surface area contributed by atoms with Crippen LogP contribution in [0.4, 0.5) is 13.2 Å². The van der Waals surface area contributed by atoms with Gasteiger partial charge in [-0.3, -0.25) is 0 Å². The Morgan fingerprint density at radius 2 is 2.00 bits per heavy atom. The number of halogens is 3. The van der Waals surface area contributed by atoms with E-state index in [1.807, 2.05) is 0 Å². The van der Waals surface area contributed by atoms with Crippen LogP contribution in [0.15, 0.2) is 12.1 Å². The molecular weight excluding hydrogens is 255 g/mol. The van der Waals surface area contributed by atoms with E-state index in [4.69, 9.17) is 4.74 Å². The molecule has 104 valence electrons. The van der Waals surface area contributed by atoms with Gasteiger partial charge in [-0.05, 0) is 43.0 Å². The molecule has 5 heteroatoms. The Bertz CT molecular complexity index is 516. The Balaban J connectivity index is 2.07. The number of alkyl halides is 3. The molecule has 2 heterocycles. The molecule has 1 N–H and O–H groups in total. The Labute approximate surface area is 109 Å². The smallest absolute Gasteiger partial charge is 0.367 e. The molecule has 2 nitrogen and oxygen atoms in total. The molecule has 2 saturated heterocycles. The quantitative estimate of drug-likeness (QED) is 0.848. The van der Waals surface area contributed by atoms with Crippen molar-refractivity contribution in [3.63, 3.8) is 0 Å². The van der Waals surface area contributed by atoms with Gasteiger partial charge >= 0.3 is 6.18 Å². The van der Waals surface area contributed by atoms with Crippen molar-refractivity contribution >= 4 is 0 Å². The molecular formula is C14H16F3NO. The molecule has 1 aromatic rings. The Hall–Kier alpha value is -1.07. The van der Waals surface area contributed by atoms with E-state index < -0.39 is 17.3 Å². The fourth-order valence-electron chi connectivity index (χ4n) is 3.23. The highest BCUT2D eigenvalue weighted by atomic mass is 19.4. The van der Waals surface area contributed by atoms with Crippen molar-refractivity contribution in [1.29, 1.82) is 0 Å². The Kier molecular flexibility index (Phi) is 2.70. The molecule has 0 spiro atoms. The van der Waals surface area contributed by atoms with Gasteiger partial charge in [0.15, 0.2) is 0 Å². The molecule has 2 fully saturated rings. The second kappa shape index (κ2) is 3.96. The zero-order valence-corrected chi connectivity index (χ0v) is 10.9. The SMILES string of the molecule is Cc1cc(C23CNC(CO2)C3)c(C)cc1C(F)(F)F. The summed E-state index contributed by atoms with van der Waals surface area (Å²) in [6.07, 6.45) is -3.45. The van der Waals surface area contributed by atoms with Gasteiger partial charge in [-0.25, -0.2) is 0 Å². The molecule has 2 aliphatic rings. The van der Waals surface area contributed by atoms with Crippen LogP contribution >= 0.6 is 0 Å². The Morgan fingerprint density at radius 1 is 1.26 bits per heavy atom. The van der Waals surface area contributed by atoms with Crippen molar-refractivity contribution in [3.05, 3.63) is 34.4 Å². The lowest BCUT2D eigenvalue weighted by Crippen LogP contribution is -2.37. The zero-order valence-electron chi connectivity index (χ0n) is 10.9. The minimum Gasteiger partial charge on any atom is -0.367 e. The monoisotopic (exact) mass is 271 g/mol. The molecule has 0 radical (unpaired) electrons. The predicted octanol–water partition coefficient (Wildman–Crippen LogP) is 2.91. The number of aryl methyl sites for hydroxylation is 2. The first-order valence-electron chi connectivity index (χ1n) is 6.38. The second-order valence-corrected chi connectivity index (χ2v) is 5.57. The zero-order chi connectivity index (χ0) is 13.8. The van der Waals surface area contributed by atoms with E-state index in [2.05, 4.69) is 5.32 Å². The van der Waals surface area contributed by atoms with Gasteiger partial charge in [-0.1, -0.05) is 6.07 Å². The highest BCUT2D eigenvalue weighted by Gasteiger charge is 2.48. The summed E-state index contributed by atoms with van der Waals surface area (Å²) < 4.78 is 44.5. The van der Waals surface area contributed by atoms with Gasteiger partial charge in [0.2, 0.25) is 0 Å². The topological polar surface area (TPSA) is 21.3 Å². The first-order valence-corrected chi connectivity index (χ1v) is 6.38. The van der Waals surface area contributed by atoms with Crippen molar-refractivity contribution < 1.29 is 17.9 Å². The van der Waals surface area contributed by atoms with Gasteiger partial charge < -0.3 is 10.1 Å². The number of morpholine rings is 1. The van der Waals surface area contributed by atoms with Crippen LogP contribution in [0.3, 0.4) is 0 Å². The molecule has 19 heavy (non-hydrogen) atoms. The first kappa shape index (κ1) is 12.9. The molecule has 1 aromatic carbocycles. The number of ether oxygens (including phenoxy) is 1. The molecule has 0 saturated carbocycles. The molecule has 2 atom stereocenters. The van der Waals surface area contributed by atoms with Gasteiger partial charge in [0, 0.05) is 12.6 Å². The van der Waals surface area contributed by atoms with Crippen LogP contribution in [-0.4, -0.2) is 19.2 Å². The predicted molar refractivity (Wildman–Crippen MR) is 65.0 cm³/mol. The molecule has 0 aliphatic carbocycles. The van der Waals surface area contributed by atoms with E-state index in [0.29, 0.717) is 24.8 Å². The number of benzene rings is 1. The number of rotatable bonds is 1. The average Bonchev–Trinajstić information content (AvgIpc) is 2.91. The highest BCUT2D eigenvalue weighted by Crippen LogP contribution is 2.43. The fourth-order valence-corrected chi connectivity index (χ4v) is 3.23. The van der Waals surface area contributed by atoms with Gasteiger partial charge in [0.1, 0.15) is 5.60 Å². The first-order chi connectivity index (χ1) is 8.82. The van der Waals surface area contributed by atoms with Crippen molar-refractivity contribution in [1.82, 2.24) is 5.32 Å². The molecule has 0 amide bonds. The summed E-state index contributed by atoms with van der Waals surface area (Å²) in [7, 11) is 0. The van der Waals surface area contributed by atoms with E-state index in [1.165, 1.54) is 13.0 Å². The summed E-state index contributed by atoms with van der Waals surface area (Å²) in [4.78, 5) is 0. The Morgan fingerprint density at radius 3 is 2.47 bits per heavy atom. The summed E-state index contributed by atoms with van der Waals surface area (Å²) >= 11 is 0. The largest absolute Gasteiger partial charge is 0.416 e. The third-order valence-electron chi connectivity index (χ3n) is 4.18. The van der Waals surface area contributed by atoms with Crippen LogP contribution in [0.5, 0.6) is 0 Å². The number of hydrogen-bond donors (Lipinski definition) is 1. The van der Waals surface area contributed by atoms with Gasteiger partial charge in [-0.15, -0.1) is 0 Å². The van der Waals surface area contributed by atoms with Crippen molar-refractivity contribution in [2.45, 2.75) is 38.1 Å². The van der Waals surface area contributed by atoms with Crippen LogP contribution in [0.2, 0.25) is 0 Å². The summed E-state index contributed by atoms with van der Waals surface area (Å²) in [5.74, 6) is 0. The van der Waals surface area contributed by atoms with Gasteiger partial charge in [-0.2, -0.15) is 13.2 Å². The molecule has 0 aromatic heterocycles. The number of hydrogen-bond acceptors (Lipinski definition) is 2. The second-order valence-electron chi connectivity index (χ2n) is 5.57. The third kappa shape index (κ3) is 1.96. The van der Waals surface area contributed by atoms with Crippen LogP contribution in [0, 0.1) is 13.8 Å². The van der Waals surface area contributed by atoms with E-state index in [9.17, 15) is 13.2 Å². The molecule has 2 bridgehead atoms. The number of nitrogens with one attached hydrogen (secondary N) is 1. The lowest BCUT2D eigenvalue weighted by Gasteiger charge is -2.30. The molecule has 2 unspecified atom stereocenters. The third-order valence-corrected chi connectivity index (χ3v) is 4.18. The minimum atomic E-state index is -4.29. The van der Waals surface area contributed by atoms with Crippen LogP contribution in [0.1, 0.15) is 28.7 Å². The van der Waals surface area contributed by atoms with Crippen LogP contribution in [0.25, 0.3) is 0 Å². The minimum absolute atomic E-state index is 0.265. The molecule has 2 aliphatic heterocycles. The maximum absolute atomic E-state index is 12.9. The summed E-state index contributed by atoms with van der Waals surface area (Å²) in [5, 5.41) is 3.34. The summed E-state index contributed by atoms with van der Waals surface area (Å²) in [6, 6.07) is 3.23. The van der Waals surface area contributed by atoms with Crippen molar-refractivity contribution in [2.24, 2.45) is 0 Å². The van der Waals surface area contributed by atoms with Crippen LogP contribution < -0.4 is 5.32 Å². The van der Waals surface area contributed by atoms with E-state index >= 15 is 0 Å². The van der Waals surface area contributed by atoms with E-state index in [0.717, 1.165) is 12.0 Å². The fraction of sp³-hybridized carbons (Fsp3) is 0.571. The van der Waals surface area contributed by atoms with Crippen molar-refractivity contribution in [3.8, 4) is 0 Å². The van der Waals surface area contributed by atoms with Gasteiger partial charge in [0.05, 0.1) is 12.2 Å². The standard InChI is InChI=1S/C14H16F3NO/c1-8-4-12(14(15,16)17)9(2)3-11(8)13-5-10(6-19-13)18-7-13/h3-4,10,18H,5-7H2,1-2H3. The average molecular weight is 271 g/mol. The van der Waals surface area contributed by atoms with Gasteiger partial charge in [0.25, 0.3) is 0 Å². The summed E-state index contributed by atoms with van der Waals surface area (Å²) in [5.41, 5.74) is 0.837. The molecule has 3 rings (SSSR count). The normalized spacial score (nSPS) is 30.1. The van der Waals surface area contributed by atoms with E-state index in [1.54, 1.807) is 13.0 Å². The maximum Gasteiger partial charge on any atom is 0.416 e. The van der Waals surface area contributed by atoms with E-state index in [-0.39, 0.29) is 5.56 Å². The maximum atomic E-state index is 12.9.